The largest absolute Gasteiger partial charge is 0.444 e. The number of ketones is 1. The van der Waals surface area contributed by atoms with Crippen molar-refractivity contribution in [3.8, 4) is 0 Å². The molecule has 2 fully saturated rings. The molecule has 0 aromatic heterocycles. The van der Waals surface area contributed by atoms with Gasteiger partial charge in [0, 0.05) is 12.1 Å². The summed E-state index contributed by atoms with van der Waals surface area (Å²) in [5, 5.41) is 5.55. The molecule has 2 saturated carbocycles. The molecule has 0 unspecified atom stereocenters. The van der Waals surface area contributed by atoms with Crippen molar-refractivity contribution in [1.82, 2.24) is 10.6 Å². The highest BCUT2D eigenvalue weighted by Crippen LogP contribution is 2.36. The quantitative estimate of drug-likeness (QED) is 0.410. The maximum Gasteiger partial charge on any atom is 0.408 e. The number of amides is 4. The number of benzene rings is 1. The predicted molar refractivity (Wildman–Crippen MR) is 145 cm³/mol. The highest BCUT2D eigenvalue weighted by molar-refractivity contribution is 6.37. The molecule has 212 valence electrons. The summed E-state index contributed by atoms with van der Waals surface area (Å²) >= 11 is 0. The van der Waals surface area contributed by atoms with E-state index in [1.807, 2.05) is 12.1 Å². The molecular formula is C29H40N4O6. The molecule has 1 heterocycles. The number of para-hydroxylation sites is 1. The first-order valence-electron chi connectivity index (χ1n) is 14.0. The smallest absolute Gasteiger partial charge is 0.408 e. The lowest BCUT2D eigenvalue weighted by Gasteiger charge is -2.35. The van der Waals surface area contributed by atoms with E-state index in [1.165, 1.54) is 4.90 Å². The van der Waals surface area contributed by atoms with Gasteiger partial charge < -0.3 is 21.1 Å². The molecule has 10 heteroatoms. The number of hydrogen-bond donors (Lipinski definition) is 3. The zero-order valence-corrected chi connectivity index (χ0v) is 23.0. The van der Waals surface area contributed by atoms with E-state index in [1.54, 1.807) is 32.9 Å². The number of nitrogens with one attached hydrogen (secondary N) is 2. The summed E-state index contributed by atoms with van der Waals surface area (Å²) in [5.74, 6) is -2.70. The second-order valence-electron chi connectivity index (χ2n) is 12.0. The zero-order chi connectivity index (χ0) is 28.3. The summed E-state index contributed by atoms with van der Waals surface area (Å²) in [4.78, 5) is 66.4. The summed E-state index contributed by atoms with van der Waals surface area (Å²) in [7, 11) is 0. The molecule has 10 nitrogen and oxygen atoms in total. The number of Topliss-reactive ketones (excluding diaryl/α,β-unsaturated/α-hetero) is 1. The zero-order valence-electron chi connectivity index (χ0n) is 23.0. The average Bonchev–Trinajstić information content (AvgIpc) is 3.61. The number of anilines is 1. The van der Waals surface area contributed by atoms with Crippen LogP contribution in [0.5, 0.6) is 0 Å². The first kappa shape index (κ1) is 28.6. The number of ether oxygens (including phenoxy) is 1. The van der Waals surface area contributed by atoms with Gasteiger partial charge in [-0.3, -0.25) is 24.1 Å². The number of carbonyl (C=O) groups is 5. The fourth-order valence-electron chi connectivity index (χ4n) is 5.66. The molecule has 1 aromatic rings. The summed E-state index contributed by atoms with van der Waals surface area (Å²) in [6.45, 7) is 5.27. The van der Waals surface area contributed by atoms with Crippen LogP contribution in [0, 0.1) is 11.8 Å². The highest BCUT2D eigenvalue weighted by Gasteiger charge is 2.45. The SMILES string of the molecule is CC(C)(C)OC(=O)N[C@@H](C(=O)N1c2ccccc2C[C@H]1C(=O)N[C@@H](CC1CC1)C(=O)C(N)=O)C1CCCCC1. The molecule has 1 aliphatic heterocycles. The molecule has 4 rings (SSSR count). The Morgan fingerprint density at radius 3 is 2.28 bits per heavy atom. The number of nitrogens with two attached hydrogens (primary N) is 1. The first-order chi connectivity index (χ1) is 18.4. The minimum Gasteiger partial charge on any atom is -0.444 e. The van der Waals surface area contributed by atoms with Crippen molar-refractivity contribution < 1.29 is 28.7 Å². The van der Waals surface area contributed by atoms with E-state index in [0.717, 1.165) is 50.5 Å². The molecule has 0 spiro atoms. The van der Waals surface area contributed by atoms with Gasteiger partial charge >= 0.3 is 6.09 Å². The number of fused-ring (bicyclic) bond motifs is 1. The van der Waals surface area contributed by atoms with E-state index in [2.05, 4.69) is 10.6 Å². The van der Waals surface area contributed by atoms with Crippen molar-refractivity contribution in [3.05, 3.63) is 29.8 Å². The van der Waals surface area contributed by atoms with Crippen molar-refractivity contribution in [3.63, 3.8) is 0 Å². The molecule has 0 bridgehead atoms. The lowest BCUT2D eigenvalue weighted by atomic mass is 9.83. The Kier molecular flexibility index (Phi) is 8.61. The van der Waals surface area contributed by atoms with Gasteiger partial charge in [0.15, 0.2) is 0 Å². The van der Waals surface area contributed by atoms with E-state index in [9.17, 15) is 24.0 Å². The van der Waals surface area contributed by atoms with Gasteiger partial charge in [-0.05, 0) is 63.5 Å². The molecule has 1 aromatic carbocycles. The van der Waals surface area contributed by atoms with Gasteiger partial charge in [-0.1, -0.05) is 50.3 Å². The first-order valence-corrected chi connectivity index (χ1v) is 14.0. The van der Waals surface area contributed by atoms with Crippen LogP contribution in [-0.4, -0.2) is 53.3 Å². The number of primary amides is 1. The predicted octanol–water partition coefficient (Wildman–Crippen LogP) is 2.76. The Balaban J connectivity index is 1.61. The Bertz CT molecular complexity index is 1120. The van der Waals surface area contributed by atoms with Crippen LogP contribution in [0.15, 0.2) is 24.3 Å². The van der Waals surface area contributed by atoms with Gasteiger partial charge in [0.2, 0.25) is 11.7 Å². The van der Waals surface area contributed by atoms with Crippen LogP contribution < -0.4 is 21.3 Å². The van der Waals surface area contributed by atoms with Gasteiger partial charge in [-0.25, -0.2) is 4.79 Å². The van der Waals surface area contributed by atoms with E-state index < -0.39 is 53.3 Å². The van der Waals surface area contributed by atoms with Crippen LogP contribution in [-0.2, 0) is 30.3 Å². The van der Waals surface area contributed by atoms with E-state index >= 15 is 0 Å². The minimum absolute atomic E-state index is 0.103. The standard InChI is InChI=1S/C29H40N4O6/c1-29(2,3)39-28(38)32-23(18-9-5-4-6-10-18)27(37)33-21-12-8-7-11-19(21)16-22(33)26(36)31-20(15-17-13-14-17)24(34)25(30)35/h7-8,11-12,17-18,20,22-23H,4-6,9-10,13-16H2,1-3H3,(H2,30,35)(H,31,36)(H,32,38)/t20-,22-,23+/m0/s1. The Hall–Kier alpha value is -3.43. The molecule has 39 heavy (non-hydrogen) atoms. The van der Waals surface area contributed by atoms with Crippen LogP contribution in [0.25, 0.3) is 0 Å². The van der Waals surface area contributed by atoms with E-state index in [4.69, 9.17) is 10.5 Å². The fourth-order valence-corrected chi connectivity index (χ4v) is 5.66. The third kappa shape index (κ3) is 7.16. The Morgan fingerprint density at radius 1 is 1.00 bits per heavy atom. The Labute approximate surface area is 229 Å². The van der Waals surface area contributed by atoms with Crippen molar-refractivity contribution in [2.75, 3.05) is 4.90 Å². The van der Waals surface area contributed by atoms with Crippen LogP contribution in [0.3, 0.4) is 0 Å². The van der Waals surface area contributed by atoms with E-state index in [-0.39, 0.29) is 18.3 Å². The number of hydrogen-bond acceptors (Lipinski definition) is 6. The van der Waals surface area contributed by atoms with Crippen LogP contribution in [0.2, 0.25) is 0 Å². The van der Waals surface area contributed by atoms with Gasteiger partial charge in [0.1, 0.15) is 17.7 Å². The topological polar surface area (TPSA) is 148 Å². The van der Waals surface area contributed by atoms with E-state index in [0.29, 0.717) is 12.1 Å². The normalized spacial score (nSPS) is 20.9. The summed E-state index contributed by atoms with van der Waals surface area (Å²) < 4.78 is 5.48. The maximum atomic E-state index is 14.3. The molecule has 2 aliphatic carbocycles. The van der Waals surface area contributed by atoms with Crippen LogP contribution in [0.4, 0.5) is 10.5 Å². The van der Waals surface area contributed by atoms with Gasteiger partial charge in [-0.2, -0.15) is 0 Å². The fraction of sp³-hybridized carbons (Fsp3) is 0.621. The third-order valence-electron chi connectivity index (χ3n) is 7.72. The van der Waals surface area contributed by atoms with Gasteiger partial charge in [-0.15, -0.1) is 0 Å². The minimum atomic E-state index is -1.09. The molecule has 4 amide bonds. The molecule has 0 saturated heterocycles. The molecule has 4 N–H and O–H groups in total. The average molecular weight is 541 g/mol. The van der Waals surface area contributed by atoms with Crippen LogP contribution >= 0.6 is 0 Å². The molecule has 3 aliphatic rings. The van der Waals surface area contributed by atoms with Crippen LogP contribution in [0.1, 0.15) is 77.7 Å². The second kappa shape index (κ2) is 11.8. The molecule has 0 radical (unpaired) electrons. The monoisotopic (exact) mass is 540 g/mol. The summed E-state index contributed by atoms with van der Waals surface area (Å²) in [5.41, 5.74) is 5.93. The second-order valence-corrected chi connectivity index (χ2v) is 12.0. The summed E-state index contributed by atoms with van der Waals surface area (Å²) in [6.07, 6.45) is 6.27. The number of nitrogens with zero attached hydrogens (tertiary/aromatic N) is 1. The number of alkyl carbamates (subject to hydrolysis) is 1. The maximum absolute atomic E-state index is 14.3. The Morgan fingerprint density at radius 2 is 1.67 bits per heavy atom. The lowest BCUT2D eigenvalue weighted by Crippen LogP contribution is -2.59. The number of carbonyl (C=O) groups excluding carboxylic acids is 5. The van der Waals surface area contributed by atoms with Gasteiger partial charge in [0.25, 0.3) is 11.8 Å². The molecular weight excluding hydrogens is 500 g/mol. The number of rotatable bonds is 9. The molecule has 3 atom stereocenters. The lowest BCUT2D eigenvalue weighted by molar-refractivity contribution is -0.138. The summed E-state index contributed by atoms with van der Waals surface area (Å²) in [6, 6.07) is 4.42. The van der Waals surface area contributed by atoms with Crippen molar-refractivity contribution in [2.45, 2.75) is 102 Å². The highest BCUT2D eigenvalue weighted by atomic mass is 16.6. The van der Waals surface area contributed by atoms with Gasteiger partial charge in [0.05, 0.1) is 6.04 Å². The third-order valence-corrected chi connectivity index (χ3v) is 7.72. The van der Waals surface area contributed by atoms with Crippen molar-refractivity contribution in [2.24, 2.45) is 17.6 Å². The van der Waals surface area contributed by atoms with Crippen molar-refractivity contribution in [1.29, 1.82) is 0 Å². The van der Waals surface area contributed by atoms with Crippen molar-refractivity contribution >= 4 is 35.3 Å².